The topological polar surface area (TPSA) is 101 Å². The van der Waals surface area contributed by atoms with Gasteiger partial charge in [-0.15, -0.1) is 5.10 Å². The van der Waals surface area contributed by atoms with E-state index in [1.807, 2.05) is 6.92 Å². The average Bonchev–Trinajstić information content (AvgIpc) is 2.71. The predicted octanol–water partition coefficient (Wildman–Crippen LogP) is 1.53. The molecule has 0 aliphatic carbocycles. The minimum Gasteiger partial charge on any atom is -0.478 e. The van der Waals surface area contributed by atoms with Crippen molar-refractivity contribution in [1.29, 1.82) is 0 Å². The first kappa shape index (κ1) is 14.3. The third kappa shape index (κ3) is 3.08. The molecule has 0 saturated heterocycles. The summed E-state index contributed by atoms with van der Waals surface area (Å²) < 4.78 is 1.51. The van der Waals surface area contributed by atoms with Crippen LogP contribution in [0.2, 0.25) is 0 Å². The molecule has 0 saturated carbocycles. The highest BCUT2D eigenvalue weighted by Gasteiger charge is 2.12. The first-order chi connectivity index (χ1) is 9.51. The van der Waals surface area contributed by atoms with Gasteiger partial charge in [0.1, 0.15) is 5.03 Å². The minimum absolute atomic E-state index is 0.167. The number of carboxylic acid groups (broad SMARTS) is 1. The summed E-state index contributed by atoms with van der Waals surface area (Å²) in [6.07, 6.45) is 0.800. The lowest BCUT2D eigenvalue weighted by Gasteiger charge is -2.05. The van der Waals surface area contributed by atoms with Gasteiger partial charge in [0.15, 0.2) is 5.16 Å². The second kappa shape index (κ2) is 5.91. The van der Waals surface area contributed by atoms with Gasteiger partial charge in [0.2, 0.25) is 0 Å². The van der Waals surface area contributed by atoms with E-state index in [0.29, 0.717) is 22.4 Å². The maximum atomic E-state index is 11.6. The van der Waals surface area contributed by atoms with Crippen LogP contribution in [0.3, 0.4) is 0 Å². The summed E-state index contributed by atoms with van der Waals surface area (Å²) in [5, 5.41) is 16.3. The highest BCUT2D eigenvalue weighted by atomic mass is 32.2. The minimum atomic E-state index is -1.01. The highest BCUT2D eigenvalue weighted by Crippen LogP contribution is 2.24. The number of aryl methyl sites for hydroxylation is 1. The van der Waals surface area contributed by atoms with Crippen molar-refractivity contribution in [1.82, 2.24) is 19.7 Å². The van der Waals surface area contributed by atoms with E-state index in [0.717, 1.165) is 6.42 Å². The van der Waals surface area contributed by atoms with Crippen molar-refractivity contribution < 1.29 is 9.90 Å². The predicted molar refractivity (Wildman–Crippen MR) is 73.2 cm³/mol. The van der Waals surface area contributed by atoms with E-state index < -0.39 is 5.97 Å². The Kier molecular flexibility index (Phi) is 4.23. The van der Waals surface area contributed by atoms with Gasteiger partial charge in [-0.3, -0.25) is 4.57 Å². The highest BCUT2D eigenvalue weighted by molar-refractivity contribution is 7.99. The maximum Gasteiger partial charge on any atom is 0.343 e. The lowest BCUT2D eigenvalue weighted by atomic mass is 10.2. The molecule has 20 heavy (non-hydrogen) atoms. The second-order valence-corrected chi connectivity index (χ2v) is 5.19. The molecule has 106 valence electrons. The molecule has 2 rings (SSSR count). The molecule has 0 spiro atoms. The van der Waals surface area contributed by atoms with Gasteiger partial charge >= 0.3 is 11.7 Å². The molecule has 0 aliphatic rings. The van der Waals surface area contributed by atoms with E-state index >= 15 is 0 Å². The number of carboxylic acids is 1. The van der Waals surface area contributed by atoms with Crippen LogP contribution in [0.25, 0.3) is 0 Å². The fraction of sp³-hybridized carbons (Fsp3) is 0.333. The van der Waals surface area contributed by atoms with Crippen LogP contribution in [0.1, 0.15) is 29.4 Å². The number of hydrogen-bond acceptors (Lipinski definition) is 5. The van der Waals surface area contributed by atoms with Crippen molar-refractivity contribution in [2.45, 2.75) is 37.0 Å². The molecule has 2 aromatic heterocycles. The third-order valence-electron chi connectivity index (χ3n) is 2.54. The van der Waals surface area contributed by atoms with Crippen molar-refractivity contribution in [3.63, 3.8) is 0 Å². The van der Waals surface area contributed by atoms with E-state index in [9.17, 15) is 9.59 Å². The van der Waals surface area contributed by atoms with Gasteiger partial charge in [0.05, 0.1) is 5.56 Å². The summed E-state index contributed by atoms with van der Waals surface area (Å²) in [6.45, 7) is 4.23. The van der Waals surface area contributed by atoms with Gasteiger partial charge in [-0.1, -0.05) is 6.92 Å². The van der Waals surface area contributed by atoms with E-state index in [4.69, 9.17) is 5.11 Å². The fourth-order valence-electron chi connectivity index (χ4n) is 1.71. The number of H-pyrrole nitrogens is 1. The molecule has 0 radical (unpaired) electrons. The molecule has 0 aromatic carbocycles. The van der Waals surface area contributed by atoms with E-state index in [1.54, 1.807) is 6.92 Å². The molecule has 2 N–H and O–H groups in total. The van der Waals surface area contributed by atoms with Gasteiger partial charge in [-0.05, 0) is 37.2 Å². The monoisotopic (exact) mass is 294 g/mol. The number of hydrogen-bond donors (Lipinski definition) is 2. The van der Waals surface area contributed by atoms with Crippen LogP contribution >= 0.6 is 11.8 Å². The van der Waals surface area contributed by atoms with E-state index in [1.165, 1.54) is 28.5 Å². The van der Waals surface area contributed by atoms with Gasteiger partial charge in [-0.2, -0.15) is 0 Å². The van der Waals surface area contributed by atoms with Crippen LogP contribution in [-0.4, -0.2) is 30.8 Å². The Hall–Kier alpha value is -2.09. The summed E-state index contributed by atoms with van der Waals surface area (Å²) in [5.41, 5.74) is 0.493. The van der Waals surface area contributed by atoms with Crippen LogP contribution in [0, 0.1) is 6.92 Å². The molecule has 8 heteroatoms. The Labute approximate surface area is 119 Å². The maximum absolute atomic E-state index is 11.6. The van der Waals surface area contributed by atoms with Crippen LogP contribution in [-0.2, 0) is 6.54 Å². The van der Waals surface area contributed by atoms with Crippen LogP contribution in [0.5, 0.6) is 0 Å². The molecular formula is C12H14N4O3S. The largest absolute Gasteiger partial charge is 0.478 e. The number of nitrogens with zero attached hydrogens (tertiary/aromatic N) is 3. The number of aromatic amines is 1. The summed E-state index contributed by atoms with van der Waals surface area (Å²) in [6, 6.07) is 2.96. The molecule has 7 nitrogen and oxygen atoms in total. The Morgan fingerprint density at radius 2 is 2.25 bits per heavy atom. The Bertz CT molecular complexity index is 692. The molecule has 2 aromatic rings. The Morgan fingerprint density at radius 1 is 1.50 bits per heavy atom. The zero-order valence-electron chi connectivity index (χ0n) is 11.1. The van der Waals surface area contributed by atoms with Gasteiger partial charge in [-0.25, -0.2) is 19.7 Å². The average molecular weight is 294 g/mol. The van der Waals surface area contributed by atoms with Crippen molar-refractivity contribution in [3.05, 3.63) is 33.9 Å². The van der Waals surface area contributed by atoms with Crippen molar-refractivity contribution in [2.75, 3.05) is 0 Å². The fourth-order valence-corrected chi connectivity index (χ4v) is 2.65. The number of aromatic carboxylic acids is 1. The van der Waals surface area contributed by atoms with Gasteiger partial charge < -0.3 is 5.11 Å². The first-order valence-corrected chi connectivity index (χ1v) is 6.88. The molecule has 0 aliphatic heterocycles. The molecule has 0 amide bonds. The zero-order chi connectivity index (χ0) is 14.7. The van der Waals surface area contributed by atoms with Crippen molar-refractivity contribution >= 4 is 17.7 Å². The van der Waals surface area contributed by atoms with Crippen molar-refractivity contribution in [3.8, 4) is 0 Å². The number of aromatic nitrogens is 4. The third-order valence-corrected chi connectivity index (χ3v) is 3.46. The lowest BCUT2D eigenvalue weighted by Crippen LogP contribution is -2.17. The van der Waals surface area contributed by atoms with Crippen LogP contribution < -0.4 is 5.69 Å². The Balaban J connectivity index is 2.35. The normalized spacial score (nSPS) is 10.7. The number of carbonyl (C=O) groups is 1. The van der Waals surface area contributed by atoms with Crippen molar-refractivity contribution in [2.24, 2.45) is 0 Å². The number of pyridine rings is 1. The first-order valence-electron chi connectivity index (χ1n) is 6.06. The zero-order valence-corrected chi connectivity index (χ0v) is 11.9. The summed E-state index contributed by atoms with van der Waals surface area (Å²) in [5.74, 6) is -1.01. The standard InChI is InChI=1S/C12H14N4O3S/c1-3-4-16-11(19)14-15-12(16)20-9-6-8(10(17)18)5-7(2)13-9/h5-6H,3-4H2,1-2H3,(H,14,19)(H,17,18). The van der Waals surface area contributed by atoms with Crippen LogP contribution in [0.15, 0.2) is 27.1 Å². The molecule has 0 unspecified atom stereocenters. The molecule has 0 atom stereocenters. The smallest absolute Gasteiger partial charge is 0.343 e. The molecular weight excluding hydrogens is 280 g/mol. The summed E-state index contributed by atoms with van der Waals surface area (Å²) >= 11 is 1.17. The van der Waals surface area contributed by atoms with E-state index in [-0.39, 0.29) is 11.3 Å². The molecule has 0 bridgehead atoms. The number of rotatable bonds is 5. The Morgan fingerprint density at radius 3 is 2.90 bits per heavy atom. The molecule has 2 heterocycles. The van der Waals surface area contributed by atoms with E-state index in [2.05, 4.69) is 15.2 Å². The molecule has 0 fully saturated rings. The lowest BCUT2D eigenvalue weighted by molar-refractivity contribution is 0.0696. The van der Waals surface area contributed by atoms with Crippen LogP contribution in [0.4, 0.5) is 0 Å². The summed E-state index contributed by atoms with van der Waals surface area (Å²) in [7, 11) is 0. The van der Waals surface area contributed by atoms with Gasteiger partial charge in [0.25, 0.3) is 0 Å². The SMILES string of the molecule is CCCn1c(Sc2cc(C(=O)O)cc(C)n2)n[nH]c1=O. The van der Waals surface area contributed by atoms with Gasteiger partial charge in [0, 0.05) is 12.2 Å². The second-order valence-electron chi connectivity index (χ2n) is 4.21. The quantitative estimate of drug-likeness (QED) is 0.867. The summed E-state index contributed by atoms with van der Waals surface area (Å²) in [4.78, 5) is 26.8. The number of nitrogens with one attached hydrogen (secondary N) is 1.